The monoisotopic (exact) mass is 263 g/mol. The highest BCUT2D eigenvalue weighted by molar-refractivity contribution is 6.17. The summed E-state index contributed by atoms with van der Waals surface area (Å²) in [6.45, 7) is 4.36. The molecule has 1 aliphatic rings. The van der Waals surface area contributed by atoms with E-state index in [2.05, 4.69) is 29.5 Å². The zero-order chi connectivity index (χ0) is 12.8. The minimum Gasteiger partial charge on any atom is -0.307 e. The summed E-state index contributed by atoms with van der Waals surface area (Å²) >= 11 is 5.90. The van der Waals surface area contributed by atoms with Gasteiger partial charge in [-0.2, -0.15) is 0 Å². The first-order chi connectivity index (χ1) is 8.64. The molecule has 18 heavy (non-hydrogen) atoms. The minimum atomic E-state index is 0.193. The van der Waals surface area contributed by atoms with Crippen LogP contribution >= 0.6 is 11.6 Å². The maximum atomic E-state index is 5.90. The molecule has 0 amide bonds. The summed E-state index contributed by atoms with van der Waals surface area (Å²) in [5.74, 6) is 1.69. The number of hydrogen-bond acceptors (Lipinski definition) is 2. The Balaban J connectivity index is 2.21. The van der Waals surface area contributed by atoms with E-state index in [4.69, 9.17) is 16.6 Å². The molecule has 0 saturated heterocycles. The molecule has 2 aromatic heterocycles. The molecule has 0 radical (unpaired) electrons. The summed E-state index contributed by atoms with van der Waals surface area (Å²) in [6, 6.07) is 2.11. The Morgan fingerprint density at radius 2 is 2.22 bits per heavy atom. The van der Waals surface area contributed by atoms with E-state index >= 15 is 0 Å². The number of pyridine rings is 1. The molecule has 0 spiro atoms. The van der Waals surface area contributed by atoms with Crippen LogP contribution in [0.5, 0.6) is 0 Å². The van der Waals surface area contributed by atoms with E-state index in [1.807, 2.05) is 6.20 Å². The molecule has 3 rings (SSSR count). The number of fused-ring (bicyclic) bond motifs is 1. The van der Waals surface area contributed by atoms with Crippen LogP contribution in [0, 0.1) is 6.92 Å². The van der Waals surface area contributed by atoms with Gasteiger partial charge in [-0.25, -0.2) is 9.97 Å². The van der Waals surface area contributed by atoms with Crippen molar-refractivity contribution in [3.05, 3.63) is 23.7 Å². The summed E-state index contributed by atoms with van der Waals surface area (Å²) < 4.78 is 2.33. The fourth-order valence-electron chi connectivity index (χ4n) is 2.84. The first kappa shape index (κ1) is 12.0. The Morgan fingerprint density at radius 3 is 2.83 bits per heavy atom. The third-order valence-corrected chi connectivity index (χ3v) is 4.18. The summed E-state index contributed by atoms with van der Waals surface area (Å²) in [6.07, 6.45) is 6.45. The fourth-order valence-corrected chi connectivity index (χ4v) is 3.01. The van der Waals surface area contributed by atoms with Gasteiger partial charge in [-0.15, -0.1) is 11.6 Å². The molecule has 1 aliphatic carbocycles. The lowest BCUT2D eigenvalue weighted by atomic mass is 9.78. The van der Waals surface area contributed by atoms with Crippen LogP contribution < -0.4 is 0 Å². The van der Waals surface area contributed by atoms with E-state index in [-0.39, 0.29) is 5.54 Å². The lowest BCUT2D eigenvalue weighted by Gasteiger charge is -2.41. The maximum Gasteiger partial charge on any atom is 0.160 e. The molecule has 0 aliphatic heterocycles. The first-order valence-electron chi connectivity index (χ1n) is 6.54. The zero-order valence-electron chi connectivity index (χ0n) is 10.9. The van der Waals surface area contributed by atoms with Crippen molar-refractivity contribution in [3.8, 4) is 0 Å². The second-order valence-corrected chi connectivity index (χ2v) is 5.89. The normalized spacial score (nSPS) is 17.9. The number of aromatic nitrogens is 3. The van der Waals surface area contributed by atoms with Crippen molar-refractivity contribution in [2.45, 2.75) is 45.1 Å². The number of alkyl halides is 1. The Bertz CT molecular complexity index is 584. The van der Waals surface area contributed by atoms with Gasteiger partial charge in [-0.05, 0) is 44.7 Å². The average molecular weight is 264 g/mol. The van der Waals surface area contributed by atoms with E-state index in [0.29, 0.717) is 5.88 Å². The largest absolute Gasteiger partial charge is 0.307 e. The molecule has 1 saturated carbocycles. The molecule has 96 valence electrons. The Morgan fingerprint density at radius 1 is 1.44 bits per heavy atom. The van der Waals surface area contributed by atoms with Gasteiger partial charge in [0.25, 0.3) is 0 Å². The Hall–Kier alpha value is -1.09. The molecule has 3 nitrogen and oxygen atoms in total. The van der Waals surface area contributed by atoms with E-state index in [1.165, 1.54) is 19.3 Å². The smallest absolute Gasteiger partial charge is 0.160 e. The van der Waals surface area contributed by atoms with Gasteiger partial charge < -0.3 is 4.57 Å². The van der Waals surface area contributed by atoms with E-state index in [9.17, 15) is 0 Å². The van der Waals surface area contributed by atoms with E-state index in [1.54, 1.807) is 0 Å². The van der Waals surface area contributed by atoms with Crippen molar-refractivity contribution in [2.24, 2.45) is 0 Å². The van der Waals surface area contributed by atoms with E-state index < -0.39 is 0 Å². The van der Waals surface area contributed by atoms with Gasteiger partial charge in [-0.1, -0.05) is 0 Å². The van der Waals surface area contributed by atoms with Gasteiger partial charge in [0.2, 0.25) is 0 Å². The number of imidazole rings is 1. The first-order valence-corrected chi connectivity index (χ1v) is 7.08. The van der Waals surface area contributed by atoms with E-state index in [0.717, 1.165) is 29.0 Å². The maximum absolute atomic E-state index is 5.90. The van der Waals surface area contributed by atoms with Crippen molar-refractivity contribution in [1.29, 1.82) is 0 Å². The molecule has 0 unspecified atom stereocenters. The van der Waals surface area contributed by atoms with Gasteiger partial charge in [0.1, 0.15) is 11.3 Å². The van der Waals surface area contributed by atoms with Gasteiger partial charge >= 0.3 is 0 Å². The van der Waals surface area contributed by atoms with Crippen LogP contribution in [0.25, 0.3) is 11.2 Å². The van der Waals surface area contributed by atoms with Crippen LogP contribution in [0.2, 0.25) is 0 Å². The van der Waals surface area contributed by atoms with Crippen LogP contribution in [-0.4, -0.2) is 20.4 Å². The molecule has 4 heteroatoms. The van der Waals surface area contributed by atoms with Crippen molar-refractivity contribution >= 4 is 22.8 Å². The summed E-state index contributed by atoms with van der Waals surface area (Å²) in [7, 11) is 0. The fraction of sp³-hybridized carbons (Fsp3) is 0.571. The van der Waals surface area contributed by atoms with Crippen molar-refractivity contribution in [3.63, 3.8) is 0 Å². The van der Waals surface area contributed by atoms with Crippen molar-refractivity contribution in [2.75, 3.05) is 5.88 Å². The second-order valence-electron chi connectivity index (χ2n) is 5.51. The molecule has 1 fully saturated rings. The quantitative estimate of drug-likeness (QED) is 0.795. The van der Waals surface area contributed by atoms with Crippen LogP contribution in [0.15, 0.2) is 12.3 Å². The van der Waals surface area contributed by atoms with Gasteiger partial charge in [0, 0.05) is 24.0 Å². The summed E-state index contributed by atoms with van der Waals surface area (Å²) in [4.78, 5) is 9.32. The number of halogens is 1. The summed E-state index contributed by atoms with van der Waals surface area (Å²) in [5, 5.41) is 0. The lowest BCUT2D eigenvalue weighted by Crippen LogP contribution is -2.38. The predicted molar refractivity (Wildman–Crippen MR) is 74.2 cm³/mol. The minimum absolute atomic E-state index is 0.193. The second kappa shape index (κ2) is 4.23. The molecule has 0 N–H and O–H groups in total. The Kier molecular flexibility index (Phi) is 2.81. The van der Waals surface area contributed by atoms with Crippen molar-refractivity contribution in [1.82, 2.24) is 14.5 Å². The van der Waals surface area contributed by atoms with Crippen LogP contribution in [0.4, 0.5) is 0 Å². The summed E-state index contributed by atoms with van der Waals surface area (Å²) in [5.41, 5.74) is 3.37. The molecule has 0 aromatic carbocycles. The lowest BCUT2D eigenvalue weighted by molar-refractivity contribution is 0.169. The Labute approximate surface area is 112 Å². The molecule has 2 heterocycles. The van der Waals surface area contributed by atoms with Gasteiger partial charge in [0.15, 0.2) is 5.65 Å². The molecule has 0 atom stereocenters. The SMILES string of the molecule is Cc1cnc2c(c1)nc(CCCl)n2C1(C)CCC1. The molecular formula is C14H18ClN3. The third-order valence-electron chi connectivity index (χ3n) is 3.99. The van der Waals surface area contributed by atoms with Gasteiger partial charge in [0.05, 0.1) is 0 Å². The number of hydrogen-bond donors (Lipinski definition) is 0. The molecule has 0 bridgehead atoms. The molecule has 2 aromatic rings. The zero-order valence-corrected chi connectivity index (χ0v) is 11.7. The van der Waals surface area contributed by atoms with Crippen LogP contribution in [0.3, 0.4) is 0 Å². The highest BCUT2D eigenvalue weighted by Crippen LogP contribution is 2.41. The number of nitrogens with zero attached hydrogens (tertiary/aromatic N) is 3. The van der Waals surface area contributed by atoms with Gasteiger partial charge in [-0.3, -0.25) is 0 Å². The third kappa shape index (κ3) is 1.72. The number of aryl methyl sites for hydroxylation is 2. The van der Waals surface area contributed by atoms with Crippen LogP contribution in [0.1, 0.15) is 37.6 Å². The predicted octanol–water partition coefficient (Wildman–Crippen LogP) is 3.42. The highest BCUT2D eigenvalue weighted by Gasteiger charge is 2.36. The topological polar surface area (TPSA) is 30.7 Å². The standard InChI is InChI=1S/C14H18ClN3/c1-10-8-11-13(16-9-10)18(12(17-11)4-7-15)14(2)5-3-6-14/h8-9H,3-7H2,1-2H3. The van der Waals surface area contributed by atoms with Crippen LogP contribution in [-0.2, 0) is 12.0 Å². The average Bonchev–Trinajstić information content (AvgIpc) is 2.64. The number of rotatable bonds is 3. The van der Waals surface area contributed by atoms with Crippen molar-refractivity contribution < 1.29 is 0 Å². The highest BCUT2D eigenvalue weighted by atomic mass is 35.5. The molecular weight excluding hydrogens is 246 g/mol.